The Bertz CT molecular complexity index is 532. The highest BCUT2D eigenvalue weighted by Crippen LogP contribution is 2.16. The van der Waals surface area contributed by atoms with Gasteiger partial charge >= 0.3 is 5.69 Å². The van der Waals surface area contributed by atoms with Crippen LogP contribution in [-0.2, 0) is 6.54 Å². The maximum atomic E-state index is 12.2. The molecule has 1 aromatic rings. The van der Waals surface area contributed by atoms with Crippen molar-refractivity contribution in [3.05, 3.63) is 31.6 Å². The molecule has 1 heterocycles. The predicted octanol–water partition coefficient (Wildman–Crippen LogP) is 1.66. The summed E-state index contributed by atoms with van der Waals surface area (Å²) >= 11 is 5.93. The summed E-state index contributed by atoms with van der Waals surface area (Å²) in [6.07, 6.45) is 1.73. The van der Waals surface area contributed by atoms with E-state index in [2.05, 4.69) is 9.88 Å². The monoisotopic (exact) mass is 287 g/mol. The Kier molecular flexibility index (Phi) is 5.82. The second kappa shape index (κ2) is 6.91. The number of aromatic amines is 1. The first-order valence-electron chi connectivity index (χ1n) is 6.51. The third-order valence-electron chi connectivity index (χ3n) is 2.99. The van der Waals surface area contributed by atoms with Crippen LogP contribution < -0.4 is 11.2 Å². The number of aromatic nitrogens is 2. The quantitative estimate of drug-likeness (QED) is 0.639. The molecule has 0 saturated heterocycles. The van der Waals surface area contributed by atoms with Crippen molar-refractivity contribution in [2.45, 2.75) is 39.2 Å². The minimum atomic E-state index is -0.427. The van der Waals surface area contributed by atoms with Gasteiger partial charge < -0.3 is 4.90 Å². The van der Waals surface area contributed by atoms with E-state index in [1.165, 1.54) is 4.57 Å². The number of nitrogens with zero attached hydrogens (tertiary/aromatic N) is 2. The maximum absolute atomic E-state index is 12.2. The van der Waals surface area contributed by atoms with E-state index in [1.807, 2.05) is 27.9 Å². The van der Waals surface area contributed by atoms with Crippen molar-refractivity contribution in [2.75, 3.05) is 20.6 Å². The largest absolute Gasteiger partial charge is 0.329 e. The van der Waals surface area contributed by atoms with E-state index < -0.39 is 5.69 Å². The van der Waals surface area contributed by atoms with Crippen molar-refractivity contribution in [3.63, 3.8) is 0 Å². The van der Waals surface area contributed by atoms with E-state index in [0.717, 1.165) is 19.4 Å². The second-order valence-electron chi connectivity index (χ2n) is 5.28. The lowest BCUT2D eigenvalue weighted by Gasteiger charge is -2.12. The molecule has 5 nitrogen and oxygen atoms in total. The smallest absolute Gasteiger partial charge is 0.309 e. The molecule has 0 atom stereocenters. The Labute approximate surface area is 118 Å². The summed E-state index contributed by atoms with van der Waals surface area (Å²) in [5.41, 5.74) is -0.216. The van der Waals surface area contributed by atoms with Crippen LogP contribution in [0.5, 0.6) is 0 Å². The summed E-state index contributed by atoms with van der Waals surface area (Å²) in [6, 6.07) is 0. The Morgan fingerprint density at radius 1 is 1.26 bits per heavy atom. The van der Waals surface area contributed by atoms with Crippen LogP contribution in [0.3, 0.4) is 0 Å². The average molecular weight is 288 g/mol. The van der Waals surface area contributed by atoms with Crippen LogP contribution in [0.4, 0.5) is 0 Å². The molecule has 1 rings (SSSR count). The molecule has 6 heteroatoms. The molecule has 0 spiro atoms. The summed E-state index contributed by atoms with van der Waals surface area (Å²) in [5, 5.41) is 0.162. The molecule has 0 aliphatic carbocycles. The molecule has 0 unspecified atom stereocenters. The number of halogens is 1. The maximum Gasteiger partial charge on any atom is 0.329 e. The molecule has 1 N–H and O–H groups in total. The van der Waals surface area contributed by atoms with Crippen LogP contribution in [0, 0.1) is 0 Å². The molecule has 1 aromatic heterocycles. The third-order valence-corrected chi connectivity index (χ3v) is 3.29. The van der Waals surface area contributed by atoms with Gasteiger partial charge in [0.2, 0.25) is 0 Å². The van der Waals surface area contributed by atoms with Gasteiger partial charge in [0, 0.05) is 6.54 Å². The van der Waals surface area contributed by atoms with Gasteiger partial charge in [-0.25, -0.2) is 4.79 Å². The van der Waals surface area contributed by atoms with Crippen LogP contribution in [0.25, 0.3) is 0 Å². The van der Waals surface area contributed by atoms with Gasteiger partial charge in [-0.1, -0.05) is 25.4 Å². The summed E-state index contributed by atoms with van der Waals surface area (Å²) in [7, 11) is 4.00. The highest BCUT2D eigenvalue weighted by molar-refractivity contribution is 6.30. The predicted molar refractivity (Wildman–Crippen MR) is 78.2 cm³/mol. The molecule has 108 valence electrons. The van der Waals surface area contributed by atoms with Gasteiger partial charge in [0.05, 0.1) is 5.56 Å². The Hall–Kier alpha value is -1.07. The average Bonchev–Trinajstić information content (AvgIpc) is 2.26. The fraction of sp³-hybridized carbons (Fsp3) is 0.692. The molecule has 0 aliphatic heterocycles. The van der Waals surface area contributed by atoms with Crippen molar-refractivity contribution in [2.24, 2.45) is 0 Å². The van der Waals surface area contributed by atoms with E-state index >= 15 is 0 Å². The minimum absolute atomic E-state index is 0.00937. The van der Waals surface area contributed by atoms with Crippen molar-refractivity contribution < 1.29 is 0 Å². The number of unbranched alkanes of at least 4 members (excludes halogenated alkanes) is 1. The molecule has 0 radical (unpaired) electrons. The zero-order valence-electron chi connectivity index (χ0n) is 12.0. The Balaban J connectivity index is 2.93. The van der Waals surface area contributed by atoms with Crippen LogP contribution in [0.1, 0.15) is 38.2 Å². The van der Waals surface area contributed by atoms with Crippen molar-refractivity contribution >= 4 is 11.6 Å². The molecule has 0 aliphatic rings. The van der Waals surface area contributed by atoms with Crippen molar-refractivity contribution in [1.82, 2.24) is 14.5 Å². The first-order valence-corrected chi connectivity index (χ1v) is 6.89. The minimum Gasteiger partial charge on any atom is -0.309 e. The lowest BCUT2D eigenvalue weighted by molar-refractivity contribution is 0.385. The third kappa shape index (κ3) is 4.21. The van der Waals surface area contributed by atoms with E-state index in [-0.39, 0.29) is 16.6 Å². The standard InChI is InChI=1S/C13H22ClN3O2/c1-9(2)10-11(14)15-13(19)17(12(10)18)8-6-5-7-16(3)4/h9H,5-8H2,1-4H3,(H,15,19). The number of rotatable bonds is 6. The molecular formula is C13H22ClN3O2. The van der Waals surface area contributed by atoms with E-state index in [1.54, 1.807) is 0 Å². The molecular weight excluding hydrogens is 266 g/mol. The van der Waals surface area contributed by atoms with Crippen molar-refractivity contribution in [3.8, 4) is 0 Å². The normalized spacial score (nSPS) is 11.5. The zero-order valence-corrected chi connectivity index (χ0v) is 12.8. The van der Waals surface area contributed by atoms with Crippen LogP contribution >= 0.6 is 11.6 Å². The first-order chi connectivity index (χ1) is 8.84. The highest BCUT2D eigenvalue weighted by atomic mass is 35.5. The molecule has 0 amide bonds. The van der Waals surface area contributed by atoms with E-state index in [0.29, 0.717) is 12.1 Å². The number of H-pyrrole nitrogens is 1. The van der Waals surface area contributed by atoms with Crippen LogP contribution in [0.2, 0.25) is 5.15 Å². The topological polar surface area (TPSA) is 58.1 Å². The lowest BCUT2D eigenvalue weighted by Crippen LogP contribution is -2.38. The van der Waals surface area contributed by atoms with Gasteiger partial charge in [0.15, 0.2) is 0 Å². The Morgan fingerprint density at radius 3 is 2.42 bits per heavy atom. The van der Waals surface area contributed by atoms with Crippen molar-refractivity contribution in [1.29, 1.82) is 0 Å². The van der Waals surface area contributed by atoms with E-state index in [9.17, 15) is 9.59 Å². The summed E-state index contributed by atoms with van der Waals surface area (Å²) in [4.78, 5) is 28.6. The fourth-order valence-corrected chi connectivity index (χ4v) is 2.34. The van der Waals surface area contributed by atoms with Gasteiger partial charge in [0.25, 0.3) is 5.56 Å². The molecule has 19 heavy (non-hydrogen) atoms. The molecule has 0 fully saturated rings. The van der Waals surface area contributed by atoms with Crippen LogP contribution in [0.15, 0.2) is 9.59 Å². The lowest BCUT2D eigenvalue weighted by atomic mass is 10.1. The van der Waals surface area contributed by atoms with Gasteiger partial charge in [-0.3, -0.25) is 14.3 Å². The first kappa shape index (κ1) is 16.0. The fourth-order valence-electron chi connectivity index (χ4n) is 1.96. The molecule has 0 saturated carbocycles. The SMILES string of the molecule is CC(C)c1c(Cl)[nH]c(=O)n(CCCCN(C)C)c1=O. The Morgan fingerprint density at radius 2 is 1.89 bits per heavy atom. The van der Waals surface area contributed by atoms with Gasteiger partial charge in [-0.2, -0.15) is 0 Å². The summed E-state index contributed by atoms with van der Waals surface area (Å²) in [5.74, 6) is -0.00937. The number of hydrogen-bond donors (Lipinski definition) is 1. The molecule has 0 aromatic carbocycles. The van der Waals surface area contributed by atoms with Gasteiger partial charge in [0.1, 0.15) is 5.15 Å². The summed E-state index contributed by atoms with van der Waals surface area (Å²) < 4.78 is 1.25. The summed E-state index contributed by atoms with van der Waals surface area (Å²) in [6.45, 7) is 5.14. The van der Waals surface area contributed by atoms with Gasteiger partial charge in [-0.15, -0.1) is 0 Å². The number of hydrogen-bond acceptors (Lipinski definition) is 3. The van der Waals surface area contributed by atoms with Crippen LogP contribution in [-0.4, -0.2) is 35.1 Å². The zero-order chi connectivity index (χ0) is 14.6. The van der Waals surface area contributed by atoms with Gasteiger partial charge in [-0.05, 0) is 39.4 Å². The second-order valence-corrected chi connectivity index (χ2v) is 5.66. The van der Waals surface area contributed by atoms with E-state index in [4.69, 9.17) is 11.6 Å². The molecule has 0 bridgehead atoms. The highest BCUT2D eigenvalue weighted by Gasteiger charge is 2.15. The number of nitrogens with one attached hydrogen (secondary N) is 1.